The molecule has 0 saturated carbocycles. The minimum Gasteiger partial charge on any atom is -0.496 e. The third-order valence-electron chi connectivity index (χ3n) is 3.42. The van der Waals surface area contributed by atoms with Gasteiger partial charge in [-0.1, -0.05) is 6.07 Å². The van der Waals surface area contributed by atoms with Gasteiger partial charge in [-0.05, 0) is 24.6 Å². The van der Waals surface area contributed by atoms with E-state index in [0.29, 0.717) is 19.5 Å². The highest BCUT2D eigenvalue weighted by Gasteiger charge is 2.16. The van der Waals surface area contributed by atoms with E-state index < -0.39 is 0 Å². The second-order valence-corrected chi connectivity index (χ2v) is 4.57. The molecule has 0 bridgehead atoms. The summed E-state index contributed by atoms with van der Waals surface area (Å²) in [6.45, 7) is 2.86. The zero-order valence-electron chi connectivity index (χ0n) is 11.8. The number of methoxy groups -OCH3 is 1. The number of hydrogen-bond acceptors (Lipinski definition) is 3. The van der Waals surface area contributed by atoms with Crippen molar-refractivity contribution in [1.29, 1.82) is 0 Å². The van der Waals surface area contributed by atoms with E-state index in [4.69, 9.17) is 9.84 Å². The Morgan fingerprint density at radius 3 is 2.90 bits per heavy atom. The molecule has 2 rings (SSSR count). The van der Waals surface area contributed by atoms with Crippen molar-refractivity contribution < 1.29 is 14.6 Å². The number of nitrogens with one attached hydrogen (secondary N) is 1. The first-order chi connectivity index (χ1) is 9.71. The first kappa shape index (κ1) is 14.4. The van der Waals surface area contributed by atoms with Crippen LogP contribution in [0.25, 0.3) is 10.9 Å². The quantitative estimate of drug-likeness (QED) is 0.841. The third kappa shape index (κ3) is 2.77. The monoisotopic (exact) mass is 276 g/mol. The summed E-state index contributed by atoms with van der Waals surface area (Å²) in [5, 5.41) is 9.92. The fraction of sp³-hybridized carbons (Fsp3) is 0.400. The first-order valence-corrected chi connectivity index (χ1v) is 6.72. The highest BCUT2D eigenvalue weighted by molar-refractivity contribution is 5.93. The topological polar surface area (TPSA) is 65.6 Å². The van der Waals surface area contributed by atoms with Crippen molar-refractivity contribution in [2.45, 2.75) is 13.3 Å². The fourth-order valence-corrected chi connectivity index (χ4v) is 2.38. The van der Waals surface area contributed by atoms with Crippen molar-refractivity contribution in [3.8, 4) is 5.75 Å². The number of carbonyl (C=O) groups excluding carboxylic acids is 1. The maximum absolute atomic E-state index is 12.2. The van der Waals surface area contributed by atoms with E-state index in [1.165, 1.54) is 0 Å². The SMILES string of the molecule is CCN(CCO)C(=O)Cc1c[nH]c2cccc(OC)c12. The summed E-state index contributed by atoms with van der Waals surface area (Å²) in [6, 6.07) is 5.75. The number of carbonyl (C=O) groups is 1. The molecule has 108 valence electrons. The van der Waals surface area contributed by atoms with Crippen molar-refractivity contribution in [3.05, 3.63) is 30.0 Å². The van der Waals surface area contributed by atoms with Crippen LogP contribution >= 0.6 is 0 Å². The van der Waals surface area contributed by atoms with Gasteiger partial charge in [0, 0.05) is 30.2 Å². The van der Waals surface area contributed by atoms with E-state index >= 15 is 0 Å². The van der Waals surface area contributed by atoms with E-state index in [-0.39, 0.29) is 12.5 Å². The van der Waals surface area contributed by atoms with Crippen molar-refractivity contribution in [2.75, 3.05) is 26.8 Å². The summed E-state index contributed by atoms with van der Waals surface area (Å²) in [6.07, 6.45) is 2.14. The fourth-order valence-electron chi connectivity index (χ4n) is 2.38. The molecular weight excluding hydrogens is 256 g/mol. The van der Waals surface area contributed by atoms with Gasteiger partial charge in [0.1, 0.15) is 5.75 Å². The number of likely N-dealkylation sites (N-methyl/N-ethyl adjacent to an activating group) is 1. The number of fused-ring (bicyclic) bond motifs is 1. The van der Waals surface area contributed by atoms with Crippen molar-refractivity contribution in [3.63, 3.8) is 0 Å². The lowest BCUT2D eigenvalue weighted by molar-refractivity contribution is -0.130. The molecule has 1 aromatic heterocycles. The van der Waals surface area contributed by atoms with E-state index in [1.54, 1.807) is 12.0 Å². The molecule has 1 aromatic carbocycles. The molecule has 0 aliphatic rings. The van der Waals surface area contributed by atoms with Crippen molar-refractivity contribution in [2.24, 2.45) is 0 Å². The zero-order chi connectivity index (χ0) is 14.5. The number of benzene rings is 1. The molecule has 0 atom stereocenters. The molecule has 1 heterocycles. The van der Waals surface area contributed by atoms with Crippen LogP contribution in [-0.2, 0) is 11.2 Å². The van der Waals surface area contributed by atoms with Crippen LogP contribution < -0.4 is 4.74 Å². The number of ether oxygens (including phenoxy) is 1. The molecule has 0 fully saturated rings. The smallest absolute Gasteiger partial charge is 0.227 e. The first-order valence-electron chi connectivity index (χ1n) is 6.72. The molecule has 5 nitrogen and oxygen atoms in total. The number of aliphatic hydroxyl groups excluding tert-OH is 1. The summed E-state index contributed by atoms with van der Waals surface area (Å²) >= 11 is 0. The summed E-state index contributed by atoms with van der Waals surface area (Å²) in [5.74, 6) is 0.769. The number of rotatable bonds is 6. The Bertz CT molecular complexity index is 592. The van der Waals surface area contributed by atoms with Gasteiger partial charge in [0.15, 0.2) is 0 Å². The Morgan fingerprint density at radius 1 is 1.45 bits per heavy atom. The van der Waals surface area contributed by atoms with E-state index in [0.717, 1.165) is 22.2 Å². The number of nitrogens with zero attached hydrogens (tertiary/aromatic N) is 1. The van der Waals surface area contributed by atoms with Gasteiger partial charge < -0.3 is 19.7 Å². The minimum atomic E-state index is -0.0171. The van der Waals surface area contributed by atoms with E-state index in [9.17, 15) is 4.79 Å². The standard InChI is InChI=1S/C15H20N2O3/c1-3-17(7-8-18)14(19)9-11-10-16-12-5-4-6-13(20-2)15(11)12/h4-6,10,16,18H,3,7-9H2,1-2H3. The maximum Gasteiger partial charge on any atom is 0.227 e. The van der Waals surface area contributed by atoms with Crippen LogP contribution in [0.3, 0.4) is 0 Å². The molecule has 0 saturated heterocycles. The Hall–Kier alpha value is -2.01. The lowest BCUT2D eigenvalue weighted by atomic mass is 10.1. The second-order valence-electron chi connectivity index (χ2n) is 4.57. The number of aliphatic hydroxyl groups is 1. The number of H-pyrrole nitrogens is 1. The average Bonchev–Trinajstić information content (AvgIpc) is 2.87. The van der Waals surface area contributed by atoms with Crippen LogP contribution in [0.15, 0.2) is 24.4 Å². The number of amides is 1. The Kier molecular flexibility index (Phi) is 4.63. The maximum atomic E-state index is 12.2. The van der Waals surface area contributed by atoms with Gasteiger partial charge in [-0.3, -0.25) is 4.79 Å². The molecule has 2 aromatic rings. The summed E-state index contributed by atoms with van der Waals surface area (Å²) in [5.41, 5.74) is 1.87. The molecule has 0 unspecified atom stereocenters. The van der Waals surface area contributed by atoms with Crippen LogP contribution in [0.4, 0.5) is 0 Å². The van der Waals surface area contributed by atoms with Crippen LogP contribution in [0.1, 0.15) is 12.5 Å². The lowest BCUT2D eigenvalue weighted by Gasteiger charge is -2.19. The normalized spacial score (nSPS) is 10.8. The minimum absolute atomic E-state index is 0.00774. The average molecular weight is 276 g/mol. The molecule has 0 aliphatic heterocycles. The van der Waals surface area contributed by atoms with Gasteiger partial charge in [0.05, 0.1) is 20.1 Å². The molecule has 1 amide bonds. The summed E-state index contributed by atoms with van der Waals surface area (Å²) < 4.78 is 5.36. The summed E-state index contributed by atoms with van der Waals surface area (Å²) in [7, 11) is 1.62. The van der Waals surface area contributed by atoms with E-state index in [2.05, 4.69) is 4.98 Å². The molecule has 0 aliphatic carbocycles. The molecule has 20 heavy (non-hydrogen) atoms. The largest absolute Gasteiger partial charge is 0.496 e. The van der Waals surface area contributed by atoms with Crippen LogP contribution in [0, 0.1) is 0 Å². The molecule has 0 spiro atoms. The van der Waals surface area contributed by atoms with Gasteiger partial charge >= 0.3 is 0 Å². The van der Waals surface area contributed by atoms with Gasteiger partial charge in [0.25, 0.3) is 0 Å². The zero-order valence-corrected chi connectivity index (χ0v) is 11.8. The molecule has 2 N–H and O–H groups in total. The van der Waals surface area contributed by atoms with Crippen molar-refractivity contribution >= 4 is 16.8 Å². The lowest BCUT2D eigenvalue weighted by Crippen LogP contribution is -2.34. The number of hydrogen-bond donors (Lipinski definition) is 2. The van der Waals surface area contributed by atoms with Gasteiger partial charge in [-0.15, -0.1) is 0 Å². The Balaban J connectivity index is 2.27. The predicted molar refractivity (Wildman–Crippen MR) is 77.9 cm³/mol. The Morgan fingerprint density at radius 2 is 2.25 bits per heavy atom. The van der Waals surface area contributed by atoms with Crippen molar-refractivity contribution in [1.82, 2.24) is 9.88 Å². The highest BCUT2D eigenvalue weighted by Crippen LogP contribution is 2.28. The van der Waals surface area contributed by atoms with Crippen LogP contribution in [-0.4, -0.2) is 47.7 Å². The third-order valence-corrected chi connectivity index (χ3v) is 3.42. The van der Waals surface area contributed by atoms with Gasteiger partial charge in [-0.2, -0.15) is 0 Å². The van der Waals surface area contributed by atoms with Gasteiger partial charge in [-0.25, -0.2) is 0 Å². The molecular formula is C15H20N2O3. The highest BCUT2D eigenvalue weighted by atomic mass is 16.5. The number of aromatic amines is 1. The number of aromatic nitrogens is 1. The van der Waals surface area contributed by atoms with Gasteiger partial charge in [0.2, 0.25) is 5.91 Å². The van der Waals surface area contributed by atoms with Crippen LogP contribution in [0.5, 0.6) is 5.75 Å². The van der Waals surface area contributed by atoms with Crippen LogP contribution in [0.2, 0.25) is 0 Å². The Labute approximate surface area is 118 Å². The predicted octanol–water partition coefficient (Wildman–Crippen LogP) is 1.56. The summed E-state index contributed by atoms with van der Waals surface area (Å²) in [4.78, 5) is 17.0. The molecule has 5 heteroatoms. The molecule has 0 radical (unpaired) electrons. The van der Waals surface area contributed by atoms with E-state index in [1.807, 2.05) is 31.3 Å². The second kappa shape index (κ2) is 6.43.